The molecule has 0 radical (unpaired) electrons. The van der Waals surface area contributed by atoms with Gasteiger partial charge in [0.05, 0.1) is 11.1 Å². The van der Waals surface area contributed by atoms with E-state index in [-0.39, 0.29) is 18.6 Å². The van der Waals surface area contributed by atoms with Crippen molar-refractivity contribution in [3.05, 3.63) is 63.1 Å². The molecule has 2 aromatic rings. The maximum atomic E-state index is 12.2. The van der Waals surface area contributed by atoms with Crippen LogP contribution in [0.4, 0.5) is 0 Å². The number of amides is 1. The summed E-state index contributed by atoms with van der Waals surface area (Å²) in [7, 11) is 0. The summed E-state index contributed by atoms with van der Waals surface area (Å²) in [6, 6.07) is 13.7. The highest BCUT2D eigenvalue weighted by molar-refractivity contribution is 9.10. The zero-order valence-corrected chi connectivity index (χ0v) is 14.9. The number of rotatable bonds is 4. The van der Waals surface area contributed by atoms with E-state index >= 15 is 0 Å². The van der Waals surface area contributed by atoms with Gasteiger partial charge in [0, 0.05) is 4.47 Å². The molecule has 1 aliphatic carbocycles. The minimum atomic E-state index is -0.134. The molecule has 0 unspecified atom stereocenters. The minimum Gasteiger partial charge on any atom is -0.482 e. The van der Waals surface area contributed by atoms with E-state index in [4.69, 9.17) is 16.3 Å². The zero-order chi connectivity index (χ0) is 16.2. The highest BCUT2D eigenvalue weighted by atomic mass is 79.9. The third kappa shape index (κ3) is 4.06. The van der Waals surface area contributed by atoms with Gasteiger partial charge in [-0.3, -0.25) is 4.79 Å². The third-order valence-electron chi connectivity index (χ3n) is 3.96. The number of hydrogen-bond acceptors (Lipinski definition) is 2. The van der Waals surface area contributed by atoms with E-state index in [0.717, 1.165) is 23.7 Å². The van der Waals surface area contributed by atoms with Crippen molar-refractivity contribution in [1.82, 2.24) is 5.32 Å². The molecule has 0 aromatic heterocycles. The van der Waals surface area contributed by atoms with Gasteiger partial charge in [0.25, 0.3) is 5.91 Å². The summed E-state index contributed by atoms with van der Waals surface area (Å²) in [5, 5.41) is 3.54. The molecular formula is C18H17BrClNO2. The number of hydrogen-bond donors (Lipinski definition) is 1. The monoisotopic (exact) mass is 393 g/mol. The first-order valence-corrected chi connectivity index (χ1v) is 8.75. The predicted octanol–water partition coefficient (Wildman–Crippen LogP) is 4.68. The van der Waals surface area contributed by atoms with E-state index < -0.39 is 0 Å². The van der Waals surface area contributed by atoms with Gasteiger partial charge >= 0.3 is 0 Å². The molecule has 0 saturated heterocycles. The van der Waals surface area contributed by atoms with Gasteiger partial charge in [-0.2, -0.15) is 0 Å². The first-order valence-electron chi connectivity index (χ1n) is 7.58. The average Bonchev–Trinajstić information content (AvgIpc) is 2.54. The molecule has 2 aromatic carbocycles. The Kier molecular flexibility index (Phi) is 5.23. The first-order chi connectivity index (χ1) is 11.1. The van der Waals surface area contributed by atoms with Crippen molar-refractivity contribution in [2.24, 2.45) is 0 Å². The molecule has 0 bridgehead atoms. The first kappa shape index (κ1) is 16.3. The molecule has 1 amide bonds. The average molecular weight is 395 g/mol. The van der Waals surface area contributed by atoms with Crippen molar-refractivity contribution in [1.29, 1.82) is 0 Å². The van der Waals surface area contributed by atoms with Crippen molar-refractivity contribution in [2.75, 3.05) is 6.61 Å². The normalized spacial score (nSPS) is 16.5. The van der Waals surface area contributed by atoms with E-state index in [1.54, 1.807) is 12.1 Å². The van der Waals surface area contributed by atoms with Crippen LogP contribution in [-0.2, 0) is 11.2 Å². The molecule has 3 nitrogen and oxygen atoms in total. The van der Waals surface area contributed by atoms with E-state index in [9.17, 15) is 4.79 Å². The molecule has 3 rings (SSSR count). The topological polar surface area (TPSA) is 38.3 Å². The molecule has 0 saturated carbocycles. The van der Waals surface area contributed by atoms with Crippen molar-refractivity contribution >= 4 is 33.4 Å². The largest absolute Gasteiger partial charge is 0.482 e. The van der Waals surface area contributed by atoms with Crippen LogP contribution in [0.5, 0.6) is 5.75 Å². The van der Waals surface area contributed by atoms with Gasteiger partial charge in [-0.25, -0.2) is 0 Å². The number of ether oxygens (including phenoxy) is 1. The Morgan fingerprint density at radius 1 is 1.30 bits per heavy atom. The molecule has 23 heavy (non-hydrogen) atoms. The van der Waals surface area contributed by atoms with E-state index in [1.165, 1.54) is 11.1 Å². The quantitative estimate of drug-likeness (QED) is 0.818. The van der Waals surface area contributed by atoms with Gasteiger partial charge in [0.1, 0.15) is 5.75 Å². The van der Waals surface area contributed by atoms with E-state index in [1.807, 2.05) is 18.2 Å². The SMILES string of the molecule is O=C(COc1ccc(Br)cc1Cl)N[C@H]1CCCc2ccccc21. The summed E-state index contributed by atoms with van der Waals surface area (Å²) < 4.78 is 6.39. The van der Waals surface area contributed by atoms with Crippen LogP contribution in [0.3, 0.4) is 0 Å². The second-order valence-corrected chi connectivity index (χ2v) is 6.90. The summed E-state index contributed by atoms with van der Waals surface area (Å²) in [4.78, 5) is 12.2. The van der Waals surface area contributed by atoms with Gasteiger partial charge < -0.3 is 10.1 Å². The second kappa shape index (κ2) is 7.37. The number of fused-ring (bicyclic) bond motifs is 1. The number of benzene rings is 2. The summed E-state index contributed by atoms with van der Waals surface area (Å²) in [6.07, 6.45) is 3.12. The molecule has 0 spiro atoms. The zero-order valence-electron chi connectivity index (χ0n) is 12.5. The summed E-state index contributed by atoms with van der Waals surface area (Å²) >= 11 is 9.42. The highest BCUT2D eigenvalue weighted by Crippen LogP contribution is 2.30. The summed E-state index contributed by atoms with van der Waals surface area (Å²) in [5.74, 6) is 0.375. The number of halogens is 2. The third-order valence-corrected chi connectivity index (χ3v) is 4.75. The van der Waals surface area contributed by atoms with Gasteiger partial charge in [-0.1, -0.05) is 51.8 Å². The van der Waals surface area contributed by atoms with E-state index in [2.05, 4.69) is 33.4 Å². The number of carbonyl (C=O) groups excluding carboxylic acids is 1. The fourth-order valence-corrected chi connectivity index (χ4v) is 3.60. The van der Waals surface area contributed by atoms with E-state index in [0.29, 0.717) is 10.8 Å². The number of aryl methyl sites for hydroxylation is 1. The molecule has 0 aliphatic heterocycles. The van der Waals surface area contributed by atoms with Gasteiger partial charge in [-0.15, -0.1) is 0 Å². The Labute approximate surface area is 149 Å². The maximum Gasteiger partial charge on any atom is 0.258 e. The lowest BCUT2D eigenvalue weighted by Gasteiger charge is -2.26. The Morgan fingerprint density at radius 3 is 2.96 bits per heavy atom. The highest BCUT2D eigenvalue weighted by Gasteiger charge is 2.21. The Morgan fingerprint density at radius 2 is 2.13 bits per heavy atom. The van der Waals surface area contributed by atoms with Crippen LogP contribution in [0.1, 0.15) is 30.0 Å². The van der Waals surface area contributed by atoms with Gasteiger partial charge in [-0.05, 0) is 48.6 Å². The molecule has 0 fully saturated rings. The Balaban J connectivity index is 1.60. The molecule has 1 atom stereocenters. The fraction of sp³-hybridized carbons (Fsp3) is 0.278. The van der Waals surface area contributed by atoms with Crippen molar-refractivity contribution in [3.63, 3.8) is 0 Å². The van der Waals surface area contributed by atoms with Crippen LogP contribution in [0.25, 0.3) is 0 Å². The lowest BCUT2D eigenvalue weighted by Crippen LogP contribution is -2.34. The molecule has 0 heterocycles. The second-order valence-electron chi connectivity index (χ2n) is 5.57. The molecular weight excluding hydrogens is 378 g/mol. The lowest BCUT2D eigenvalue weighted by atomic mass is 9.88. The Bertz CT molecular complexity index is 720. The van der Waals surface area contributed by atoms with Crippen LogP contribution < -0.4 is 10.1 Å². The summed E-state index contributed by atoms with van der Waals surface area (Å²) in [5.41, 5.74) is 2.54. The van der Waals surface area contributed by atoms with Crippen molar-refractivity contribution in [2.45, 2.75) is 25.3 Å². The maximum absolute atomic E-state index is 12.2. The van der Waals surface area contributed by atoms with Crippen molar-refractivity contribution < 1.29 is 9.53 Å². The fourth-order valence-electron chi connectivity index (χ4n) is 2.88. The molecule has 1 aliphatic rings. The number of carbonyl (C=O) groups is 1. The minimum absolute atomic E-state index is 0.0416. The standard InChI is InChI=1S/C18H17BrClNO2/c19-13-8-9-17(15(20)10-13)23-11-18(22)21-16-7-3-5-12-4-1-2-6-14(12)16/h1-2,4,6,8-10,16H,3,5,7,11H2,(H,21,22)/t16-/m0/s1. The van der Waals surface area contributed by atoms with Gasteiger partial charge in [0.2, 0.25) is 0 Å². The van der Waals surface area contributed by atoms with Crippen LogP contribution in [0, 0.1) is 0 Å². The van der Waals surface area contributed by atoms with Crippen LogP contribution in [-0.4, -0.2) is 12.5 Å². The summed E-state index contributed by atoms with van der Waals surface area (Å²) in [6.45, 7) is -0.0416. The predicted molar refractivity (Wildman–Crippen MR) is 94.9 cm³/mol. The lowest BCUT2D eigenvalue weighted by molar-refractivity contribution is -0.123. The molecule has 5 heteroatoms. The van der Waals surface area contributed by atoms with Crippen molar-refractivity contribution in [3.8, 4) is 5.75 Å². The molecule has 120 valence electrons. The van der Waals surface area contributed by atoms with Crippen LogP contribution >= 0.6 is 27.5 Å². The molecule has 1 N–H and O–H groups in total. The van der Waals surface area contributed by atoms with Gasteiger partial charge in [0.15, 0.2) is 6.61 Å². The van der Waals surface area contributed by atoms with Crippen LogP contribution in [0.15, 0.2) is 46.9 Å². The Hall–Kier alpha value is -1.52. The smallest absolute Gasteiger partial charge is 0.258 e. The van der Waals surface area contributed by atoms with Crippen LogP contribution in [0.2, 0.25) is 5.02 Å². The number of nitrogens with one attached hydrogen (secondary N) is 1.